The molecule has 1 aromatic heterocycles. The van der Waals surface area contributed by atoms with Crippen LogP contribution in [0.25, 0.3) is 10.1 Å². The highest BCUT2D eigenvalue weighted by Gasteiger charge is 2.10. The van der Waals surface area contributed by atoms with Gasteiger partial charge in [-0.05, 0) is 40.6 Å². The zero-order chi connectivity index (χ0) is 16.2. The van der Waals surface area contributed by atoms with E-state index in [1.54, 1.807) is 42.6 Å². The fraction of sp³-hybridized carbons (Fsp3) is 0.111. The molecule has 0 unspecified atom stereocenters. The molecule has 0 saturated heterocycles. The Morgan fingerprint density at radius 1 is 1.09 bits per heavy atom. The molecule has 2 amide bonds. The van der Waals surface area contributed by atoms with Crippen LogP contribution in [0.5, 0.6) is 0 Å². The number of nitrogens with one attached hydrogen (secondary N) is 2. The topological polar surface area (TPSA) is 58.2 Å². The van der Waals surface area contributed by atoms with Gasteiger partial charge in [-0.1, -0.05) is 24.3 Å². The highest BCUT2D eigenvalue weighted by Crippen LogP contribution is 2.26. The molecular weight excluding hydrogens is 308 g/mol. The third-order valence-corrected chi connectivity index (χ3v) is 4.56. The normalized spacial score (nSPS) is 10.5. The van der Waals surface area contributed by atoms with Gasteiger partial charge in [0, 0.05) is 23.0 Å². The maximum absolute atomic E-state index is 12.3. The summed E-state index contributed by atoms with van der Waals surface area (Å²) in [6, 6.07) is 14.9. The first-order chi connectivity index (χ1) is 11.2. The summed E-state index contributed by atoms with van der Waals surface area (Å²) in [6.07, 6.45) is 0.314. The fourth-order valence-corrected chi connectivity index (χ4v) is 3.39. The van der Waals surface area contributed by atoms with E-state index in [1.807, 2.05) is 29.6 Å². The maximum Gasteiger partial charge on any atom is 0.251 e. The van der Waals surface area contributed by atoms with Gasteiger partial charge >= 0.3 is 0 Å². The van der Waals surface area contributed by atoms with E-state index in [0.29, 0.717) is 17.7 Å². The third kappa shape index (κ3) is 3.40. The smallest absolute Gasteiger partial charge is 0.251 e. The van der Waals surface area contributed by atoms with Crippen molar-refractivity contribution in [3.63, 3.8) is 0 Å². The number of benzene rings is 2. The lowest BCUT2D eigenvalue weighted by atomic mass is 10.1. The van der Waals surface area contributed by atoms with Crippen LogP contribution < -0.4 is 10.6 Å². The summed E-state index contributed by atoms with van der Waals surface area (Å²) in [4.78, 5) is 23.9. The van der Waals surface area contributed by atoms with Gasteiger partial charge in [0.05, 0.1) is 6.42 Å². The highest BCUT2D eigenvalue weighted by atomic mass is 32.1. The Labute approximate surface area is 138 Å². The van der Waals surface area contributed by atoms with E-state index in [4.69, 9.17) is 0 Å². The SMILES string of the molecule is CNC(=O)c1cccc(NC(=O)Cc2csc3ccccc23)c1. The van der Waals surface area contributed by atoms with E-state index >= 15 is 0 Å². The Morgan fingerprint density at radius 2 is 1.91 bits per heavy atom. The Balaban J connectivity index is 1.73. The Bertz CT molecular complexity index is 870. The van der Waals surface area contributed by atoms with Gasteiger partial charge in [0.15, 0.2) is 0 Å². The molecule has 0 aliphatic rings. The number of hydrogen-bond acceptors (Lipinski definition) is 3. The number of fused-ring (bicyclic) bond motifs is 1. The molecule has 116 valence electrons. The first-order valence-corrected chi connectivity index (χ1v) is 8.12. The molecule has 2 N–H and O–H groups in total. The molecule has 0 fully saturated rings. The van der Waals surface area contributed by atoms with Crippen molar-refractivity contribution in [1.82, 2.24) is 5.32 Å². The first-order valence-electron chi connectivity index (χ1n) is 7.24. The number of carbonyl (C=O) groups excluding carboxylic acids is 2. The molecule has 1 heterocycles. The molecule has 0 radical (unpaired) electrons. The molecule has 5 heteroatoms. The van der Waals surface area contributed by atoms with Gasteiger partial charge < -0.3 is 10.6 Å². The first kappa shape index (κ1) is 15.2. The lowest BCUT2D eigenvalue weighted by molar-refractivity contribution is -0.115. The van der Waals surface area contributed by atoms with Crippen molar-refractivity contribution < 1.29 is 9.59 Å². The highest BCUT2D eigenvalue weighted by molar-refractivity contribution is 7.17. The van der Waals surface area contributed by atoms with Gasteiger partial charge in [-0.25, -0.2) is 0 Å². The number of carbonyl (C=O) groups is 2. The van der Waals surface area contributed by atoms with Crippen molar-refractivity contribution in [1.29, 1.82) is 0 Å². The second kappa shape index (κ2) is 6.62. The minimum atomic E-state index is -0.176. The summed E-state index contributed by atoms with van der Waals surface area (Å²) in [6.45, 7) is 0. The van der Waals surface area contributed by atoms with Crippen LogP contribution in [0.2, 0.25) is 0 Å². The number of thiophene rings is 1. The van der Waals surface area contributed by atoms with Crippen molar-refractivity contribution in [3.8, 4) is 0 Å². The molecule has 0 spiro atoms. The molecule has 23 heavy (non-hydrogen) atoms. The van der Waals surface area contributed by atoms with Crippen molar-refractivity contribution in [3.05, 3.63) is 65.0 Å². The second-order valence-corrected chi connectivity index (χ2v) is 6.05. The van der Waals surface area contributed by atoms with E-state index in [2.05, 4.69) is 10.6 Å². The molecule has 0 saturated carbocycles. The number of rotatable bonds is 4. The summed E-state index contributed by atoms with van der Waals surface area (Å²) in [5, 5.41) is 8.55. The van der Waals surface area contributed by atoms with E-state index in [0.717, 1.165) is 10.9 Å². The van der Waals surface area contributed by atoms with E-state index in [1.165, 1.54) is 4.70 Å². The monoisotopic (exact) mass is 324 g/mol. The Morgan fingerprint density at radius 3 is 2.74 bits per heavy atom. The van der Waals surface area contributed by atoms with Gasteiger partial charge in [0.25, 0.3) is 5.91 Å². The quantitative estimate of drug-likeness (QED) is 0.772. The van der Waals surface area contributed by atoms with Gasteiger partial charge in [-0.15, -0.1) is 11.3 Å². The van der Waals surface area contributed by atoms with Crippen LogP contribution in [0.3, 0.4) is 0 Å². The van der Waals surface area contributed by atoms with Crippen molar-refractivity contribution in [2.24, 2.45) is 0 Å². The molecule has 4 nitrogen and oxygen atoms in total. The van der Waals surface area contributed by atoms with Gasteiger partial charge in [0.2, 0.25) is 5.91 Å². The van der Waals surface area contributed by atoms with Crippen LogP contribution in [-0.4, -0.2) is 18.9 Å². The molecule has 0 atom stereocenters. The number of amides is 2. The summed E-state index contributed by atoms with van der Waals surface area (Å²) >= 11 is 1.64. The van der Waals surface area contributed by atoms with Crippen LogP contribution in [-0.2, 0) is 11.2 Å². The van der Waals surface area contributed by atoms with E-state index in [-0.39, 0.29) is 11.8 Å². The molecule has 3 rings (SSSR count). The summed E-state index contributed by atoms with van der Waals surface area (Å²) in [5.41, 5.74) is 2.16. The van der Waals surface area contributed by atoms with Gasteiger partial charge in [0.1, 0.15) is 0 Å². The summed E-state index contributed by atoms with van der Waals surface area (Å²) < 4.78 is 1.18. The standard InChI is InChI=1S/C18H16N2O2S/c1-19-18(22)12-5-4-6-14(9-12)20-17(21)10-13-11-23-16-8-3-2-7-15(13)16/h2-9,11H,10H2,1H3,(H,19,22)(H,20,21). The van der Waals surface area contributed by atoms with Crippen molar-refractivity contribution >= 4 is 38.9 Å². The number of hydrogen-bond donors (Lipinski definition) is 2. The lowest BCUT2D eigenvalue weighted by Crippen LogP contribution is -2.18. The molecular formula is C18H16N2O2S. The van der Waals surface area contributed by atoms with Crippen LogP contribution in [0.15, 0.2) is 53.9 Å². The molecule has 2 aromatic carbocycles. The average molecular weight is 324 g/mol. The van der Waals surface area contributed by atoms with E-state index in [9.17, 15) is 9.59 Å². The Hall–Kier alpha value is -2.66. The second-order valence-electron chi connectivity index (χ2n) is 5.14. The predicted molar refractivity (Wildman–Crippen MR) is 94.0 cm³/mol. The molecule has 0 aliphatic carbocycles. The fourth-order valence-electron chi connectivity index (χ4n) is 2.43. The van der Waals surface area contributed by atoms with Crippen LogP contribution >= 0.6 is 11.3 Å². The largest absolute Gasteiger partial charge is 0.355 e. The predicted octanol–water partition coefficient (Wildman–Crippen LogP) is 3.44. The molecule has 3 aromatic rings. The third-order valence-electron chi connectivity index (χ3n) is 3.55. The maximum atomic E-state index is 12.3. The van der Waals surface area contributed by atoms with Gasteiger partial charge in [-0.2, -0.15) is 0 Å². The van der Waals surface area contributed by atoms with Gasteiger partial charge in [-0.3, -0.25) is 9.59 Å². The van der Waals surface area contributed by atoms with Crippen molar-refractivity contribution in [2.45, 2.75) is 6.42 Å². The zero-order valence-electron chi connectivity index (χ0n) is 12.6. The number of anilines is 1. The zero-order valence-corrected chi connectivity index (χ0v) is 13.4. The molecule has 0 bridgehead atoms. The van der Waals surface area contributed by atoms with Crippen LogP contribution in [0.4, 0.5) is 5.69 Å². The average Bonchev–Trinajstić information content (AvgIpc) is 2.97. The lowest BCUT2D eigenvalue weighted by Gasteiger charge is -2.07. The minimum Gasteiger partial charge on any atom is -0.355 e. The van der Waals surface area contributed by atoms with Crippen LogP contribution in [0.1, 0.15) is 15.9 Å². The van der Waals surface area contributed by atoms with Crippen LogP contribution in [0, 0.1) is 0 Å². The summed E-state index contributed by atoms with van der Waals surface area (Å²) in [5.74, 6) is -0.271. The molecule has 0 aliphatic heterocycles. The Kier molecular flexibility index (Phi) is 4.39. The minimum absolute atomic E-state index is 0.0948. The van der Waals surface area contributed by atoms with Crippen molar-refractivity contribution in [2.75, 3.05) is 12.4 Å². The summed E-state index contributed by atoms with van der Waals surface area (Å²) in [7, 11) is 1.58. The van der Waals surface area contributed by atoms with E-state index < -0.39 is 0 Å².